The number of aromatic nitrogens is 1. The van der Waals surface area contributed by atoms with Crippen LogP contribution in [0.4, 0.5) is 0 Å². The van der Waals surface area contributed by atoms with Gasteiger partial charge < -0.3 is 14.8 Å². The van der Waals surface area contributed by atoms with Gasteiger partial charge in [0.05, 0.1) is 0 Å². The quantitative estimate of drug-likeness (QED) is 0.899. The second kappa shape index (κ2) is 5.53. The molecule has 1 aromatic heterocycles. The van der Waals surface area contributed by atoms with Gasteiger partial charge in [0.1, 0.15) is 5.69 Å². The Kier molecular flexibility index (Phi) is 3.91. The summed E-state index contributed by atoms with van der Waals surface area (Å²) in [4.78, 5) is 14.8. The Morgan fingerprint density at radius 3 is 2.85 bits per heavy atom. The van der Waals surface area contributed by atoms with Gasteiger partial charge >= 0.3 is 0 Å². The monoisotopic (exact) mass is 339 g/mol. The Bertz CT molecular complexity index is 511. The lowest BCUT2D eigenvalue weighted by molar-refractivity contribution is 0.0735. The molecule has 2 aliphatic heterocycles. The first kappa shape index (κ1) is 14.1. The minimum Gasteiger partial charge on any atom is -0.340 e. The van der Waals surface area contributed by atoms with Crippen LogP contribution in [-0.4, -0.2) is 40.5 Å². The number of fused-ring (bicyclic) bond motifs is 2. The summed E-state index contributed by atoms with van der Waals surface area (Å²) in [6.45, 7) is 5.93. The van der Waals surface area contributed by atoms with E-state index in [0.717, 1.165) is 29.7 Å². The van der Waals surface area contributed by atoms with E-state index in [0.29, 0.717) is 18.1 Å². The van der Waals surface area contributed by atoms with Crippen molar-refractivity contribution in [2.45, 2.75) is 51.2 Å². The molecule has 0 radical (unpaired) electrons. The predicted molar refractivity (Wildman–Crippen MR) is 83.0 cm³/mol. The molecule has 110 valence electrons. The molecule has 5 heteroatoms. The van der Waals surface area contributed by atoms with Crippen LogP contribution in [0, 0.1) is 0 Å². The zero-order valence-corrected chi connectivity index (χ0v) is 13.7. The van der Waals surface area contributed by atoms with E-state index in [1.807, 2.05) is 17.2 Å². The van der Waals surface area contributed by atoms with Crippen molar-refractivity contribution in [2.75, 3.05) is 13.1 Å². The third-order valence-electron chi connectivity index (χ3n) is 4.40. The Balaban J connectivity index is 1.81. The summed E-state index contributed by atoms with van der Waals surface area (Å²) in [5, 5.41) is 3.62. The average Bonchev–Trinajstić information content (AvgIpc) is 2.92. The van der Waals surface area contributed by atoms with Crippen LogP contribution in [0.15, 0.2) is 16.7 Å². The van der Waals surface area contributed by atoms with Crippen molar-refractivity contribution in [3.8, 4) is 0 Å². The maximum Gasteiger partial charge on any atom is 0.270 e. The molecule has 0 saturated carbocycles. The van der Waals surface area contributed by atoms with Gasteiger partial charge in [-0.05, 0) is 55.1 Å². The molecular weight excluding hydrogens is 318 g/mol. The van der Waals surface area contributed by atoms with Gasteiger partial charge in [0.25, 0.3) is 5.91 Å². The van der Waals surface area contributed by atoms with Crippen molar-refractivity contribution >= 4 is 21.8 Å². The highest BCUT2D eigenvalue weighted by Crippen LogP contribution is 2.24. The lowest BCUT2D eigenvalue weighted by Gasteiger charge is -2.25. The Hall–Kier alpha value is -0.810. The van der Waals surface area contributed by atoms with Gasteiger partial charge in [-0.15, -0.1) is 0 Å². The number of nitrogens with zero attached hydrogens (tertiary/aromatic N) is 2. The van der Waals surface area contributed by atoms with Gasteiger partial charge in [-0.3, -0.25) is 4.79 Å². The van der Waals surface area contributed by atoms with Crippen LogP contribution >= 0.6 is 15.9 Å². The molecule has 1 N–H and O–H groups in total. The first-order valence-electron chi connectivity index (χ1n) is 7.47. The van der Waals surface area contributed by atoms with E-state index in [1.165, 1.54) is 12.8 Å². The molecule has 1 aromatic rings. The Morgan fingerprint density at radius 1 is 1.35 bits per heavy atom. The van der Waals surface area contributed by atoms with E-state index in [4.69, 9.17) is 0 Å². The summed E-state index contributed by atoms with van der Waals surface area (Å²) in [6.07, 6.45) is 5.54. The number of carbonyl (C=O) groups is 1. The van der Waals surface area contributed by atoms with Crippen molar-refractivity contribution in [1.29, 1.82) is 0 Å². The molecule has 20 heavy (non-hydrogen) atoms. The lowest BCUT2D eigenvalue weighted by atomic mass is 10.1. The molecule has 1 amide bonds. The molecule has 0 aromatic carbocycles. The fourth-order valence-electron chi connectivity index (χ4n) is 3.33. The lowest BCUT2D eigenvalue weighted by Crippen LogP contribution is -2.39. The highest BCUT2D eigenvalue weighted by Gasteiger charge is 2.32. The molecule has 3 heterocycles. The van der Waals surface area contributed by atoms with E-state index in [2.05, 4.69) is 39.7 Å². The molecule has 2 atom stereocenters. The topological polar surface area (TPSA) is 37.3 Å². The zero-order chi connectivity index (χ0) is 14.3. The summed E-state index contributed by atoms with van der Waals surface area (Å²) in [7, 11) is 0. The van der Waals surface area contributed by atoms with Gasteiger partial charge in [-0.1, -0.05) is 0 Å². The van der Waals surface area contributed by atoms with Crippen LogP contribution in [0.5, 0.6) is 0 Å². The fourth-order valence-corrected chi connectivity index (χ4v) is 3.77. The molecular formula is C15H22BrN3O. The van der Waals surface area contributed by atoms with Gasteiger partial charge in [0.2, 0.25) is 0 Å². The second-order valence-corrected chi connectivity index (χ2v) is 7.14. The SMILES string of the molecule is CC(C)n1cc(Br)cc1C(=O)N1CCC2CCC(C1)N2. The fraction of sp³-hybridized carbons (Fsp3) is 0.667. The average molecular weight is 340 g/mol. The molecule has 3 rings (SSSR count). The minimum absolute atomic E-state index is 0.166. The number of likely N-dealkylation sites (tertiary alicyclic amines) is 1. The van der Waals surface area contributed by atoms with Crippen molar-refractivity contribution < 1.29 is 4.79 Å². The third-order valence-corrected chi connectivity index (χ3v) is 4.83. The summed E-state index contributed by atoms with van der Waals surface area (Å²) >= 11 is 3.49. The van der Waals surface area contributed by atoms with E-state index >= 15 is 0 Å². The predicted octanol–water partition coefficient (Wildman–Crippen LogP) is 2.80. The first-order valence-corrected chi connectivity index (χ1v) is 8.26. The first-order chi connectivity index (χ1) is 9.54. The second-order valence-electron chi connectivity index (χ2n) is 6.22. The molecule has 2 unspecified atom stereocenters. The van der Waals surface area contributed by atoms with Crippen molar-refractivity contribution in [1.82, 2.24) is 14.8 Å². The summed E-state index contributed by atoms with van der Waals surface area (Å²) in [6, 6.07) is 3.33. The van der Waals surface area contributed by atoms with Gasteiger partial charge in [-0.2, -0.15) is 0 Å². The summed E-state index contributed by atoms with van der Waals surface area (Å²) < 4.78 is 3.03. The standard InChI is InChI=1S/C15H22BrN3O/c1-10(2)19-8-11(16)7-14(19)15(20)18-6-5-12-3-4-13(9-18)17-12/h7-8,10,12-13,17H,3-6,9H2,1-2H3. The van der Waals surface area contributed by atoms with Gasteiger partial charge in [-0.25, -0.2) is 0 Å². The summed E-state index contributed by atoms with van der Waals surface area (Å²) in [5.74, 6) is 0.166. The van der Waals surface area contributed by atoms with Gasteiger partial charge in [0, 0.05) is 41.9 Å². The van der Waals surface area contributed by atoms with Crippen molar-refractivity contribution in [3.05, 3.63) is 22.4 Å². The highest BCUT2D eigenvalue weighted by molar-refractivity contribution is 9.10. The number of hydrogen-bond acceptors (Lipinski definition) is 2. The molecule has 0 spiro atoms. The van der Waals surface area contributed by atoms with Crippen LogP contribution in [0.1, 0.15) is 49.6 Å². The van der Waals surface area contributed by atoms with Gasteiger partial charge in [0.15, 0.2) is 0 Å². The Morgan fingerprint density at radius 2 is 2.10 bits per heavy atom. The molecule has 2 saturated heterocycles. The summed E-state index contributed by atoms with van der Waals surface area (Å²) in [5.41, 5.74) is 0.796. The van der Waals surface area contributed by atoms with Crippen LogP contribution in [0.25, 0.3) is 0 Å². The largest absolute Gasteiger partial charge is 0.340 e. The van der Waals surface area contributed by atoms with Crippen LogP contribution < -0.4 is 5.32 Å². The van der Waals surface area contributed by atoms with E-state index in [1.54, 1.807) is 0 Å². The molecule has 4 nitrogen and oxygen atoms in total. The van der Waals surface area contributed by atoms with Crippen LogP contribution in [0.3, 0.4) is 0 Å². The number of nitrogens with one attached hydrogen (secondary N) is 1. The number of halogens is 1. The number of rotatable bonds is 2. The molecule has 2 bridgehead atoms. The molecule has 0 aliphatic carbocycles. The normalized spacial score (nSPS) is 26.1. The van der Waals surface area contributed by atoms with Crippen molar-refractivity contribution in [3.63, 3.8) is 0 Å². The van der Waals surface area contributed by atoms with Crippen LogP contribution in [0.2, 0.25) is 0 Å². The smallest absolute Gasteiger partial charge is 0.270 e. The van der Waals surface area contributed by atoms with E-state index < -0.39 is 0 Å². The molecule has 2 fully saturated rings. The number of amides is 1. The third kappa shape index (κ3) is 2.66. The van der Waals surface area contributed by atoms with Crippen molar-refractivity contribution in [2.24, 2.45) is 0 Å². The highest BCUT2D eigenvalue weighted by atomic mass is 79.9. The number of hydrogen-bond donors (Lipinski definition) is 1. The maximum atomic E-state index is 12.8. The molecule has 2 aliphatic rings. The van der Waals surface area contributed by atoms with Crippen LogP contribution in [-0.2, 0) is 0 Å². The van der Waals surface area contributed by atoms with E-state index in [-0.39, 0.29) is 5.91 Å². The number of carbonyl (C=O) groups excluding carboxylic acids is 1. The minimum atomic E-state index is 0.166. The maximum absolute atomic E-state index is 12.8. The van der Waals surface area contributed by atoms with E-state index in [9.17, 15) is 4.79 Å². The Labute approximate surface area is 128 Å². The zero-order valence-electron chi connectivity index (χ0n) is 12.1.